The fourth-order valence-corrected chi connectivity index (χ4v) is 5.47. The number of anilines is 1. The zero-order chi connectivity index (χ0) is 31.2. The number of benzene rings is 2. The Kier molecular flexibility index (Phi) is 9.61. The number of aldehydes is 1. The highest BCUT2D eigenvalue weighted by Gasteiger charge is 2.27. The van der Waals surface area contributed by atoms with Crippen molar-refractivity contribution in [3.63, 3.8) is 0 Å². The summed E-state index contributed by atoms with van der Waals surface area (Å²) in [6.45, 7) is 5.10. The van der Waals surface area contributed by atoms with Gasteiger partial charge in [0.05, 0.1) is 29.4 Å². The van der Waals surface area contributed by atoms with Crippen molar-refractivity contribution in [2.75, 3.05) is 52.3 Å². The first-order valence-corrected chi connectivity index (χ1v) is 14.7. The predicted molar refractivity (Wildman–Crippen MR) is 168 cm³/mol. The third kappa shape index (κ3) is 6.76. The van der Waals surface area contributed by atoms with Crippen LogP contribution >= 0.6 is 0 Å². The van der Waals surface area contributed by atoms with Crippen LogP contribution in [-0.2, 0) is 0 Å². The molecule has 0 saturated carbocycles. The molecule has 3 heterocycles. The van der Waals surface area contributed by atoms with Gasteiger partial charge in [0.1, 0.15) is 35.6 Å². The fraction of sp³-hybridized carbons (Fsp3) is 0.375. The fourth-order valence-electron chi connectivity index (χ4n) is 5.47. The molecule has 1 aliphatic heterocycles. The number of hydrogen-bond acceptors (Lipinski definition) is 9. The molecule has 1 aliphatic rings. The van der Waals surface area contributed by atoms with Gasteiger partial charge in [-0.05, 0) is 61.9 Å². The van der Waals surface area contributed by atoms with Gasteiger partial charge in [-0.25, -0.2) is 4.98 Å². The van der Waals surface area contributed by atoms with E-state index in [1.54, 1.807) is 61.5 Å². The van der Waals surface area contributed by atoms with Gasteiger partial charge in [0.2, 0.25) is 0 Å². The number of aromatic amines is 2. The summed E-state index contributed by atoms with van der Waals surface area (Å²) in [6, 6.07) is 12.0. The van der Waals surface area contributed by atoms with E-state index in [0.29, 0.717) is 34.5 Å². The molecule has 0 radical (unpaired) electrons. The first-order valence-electron chi connectivity index (χ1n) is 14.7. The molecule has 2 aromatic heterocycles. The van der Waals surface area contributed by atoms with E-state index in [9.17, 15) is 19.5 Å². The lowest BCUT2D eigenvalue weighted by Gasteiger charge is -2.36. The maximum absolute atomic E-state index is 13.5. The predicted octanol–water partition coefficient (Wildman–Crippen LogP) is 3.15. The first kappa shape index (κ1) is 30.8. The van der Waals surface area contributed by atoms with Gasteiger partial charge < -0.3 is 39.7 Å². The van der Waals surface area contributed by atoms with Crippen molar-refractivity contribution in [1.29, 1.82) is 0 Å². The molecule has 12 nitrogen and oxygen atoms in total. The molecule has 0 spiro atoms. The molecule has 44 heavy (non-hydrogen) atoms. The number of likely N-dealkylation sites (tertiary alicyclic amines) is 1. The normalized spacial score (nSPS) is 14.7. The number of carbonyl (C=O) groups is 2. The second-order valence-electron chi connectivity index (χ2n) is 10.9. The van der Waals surface area contributed by atoms with E-state index in [4.69, 9.17) is 9.47 Å². The van der Waals surface area contributed by atoms with E-state index in [-0.39, 0.29) is 47.6 Å². The Hall–Kier alpha value is -4.68. The van der Waals surface area contributed by atoms with E-state index in [1.807, 2.05) is 0 Å². The molecule has 1 unspecified atom stereocenters. The molecule has 4 aromatic rings. The summed E-state index contributed by atoms with van der Waals surface area (Å²) in [5.41, 5.74) is 1.75. The average Bonchev–Trinajstić information content (AvgIpc) is 3.47. The molecule has 1 amide bonds. The zero-order valence-electron chi connectivity index (χ0n) is 25.1. The van der Waals surface area contributed by atoms with Crippen molar-refractivity contribution in [2.24, 2.45) is 0 Å². The number of H-pyrrole nitrogens is 2. The van der Waals surface area contributed by atoms with Crippen molar-refractivity contribution in [1.82, 2.24) is 24.8 Å². The van der Waals surface area contributed by atoms with Crippen molar-refractivity contribution in [3.8, 4) is 22.9 Å². The van der Waals surface area contributed by atoms with Gasteiger partial charge in [-0.2, -0.15) is 0 Å². The minimum absolute atomic E-state index is 0.0277. The van der Waals surface area contributed by atoms with Crippen LogP contribution in [-0.4, -0.2) is 101 Å². The maximum atomic E-state index is 13.5. The van der Waals surface area contributed by atoms with E-state index in [2.05, 4.69) is 32.1 Å². The number of carbonyl (C=O) groups excluding carboxylic acids is 2. The van der Waals surface area contributed by atoms with E-state index >= 15 is 0 Å². The molecule has 1 saturated heterocycles. The van der Waals surface area contributed by atoms with Crippen molar-refractivity contribution >= 4 is 28.9 Å². The van der Waals surface area contributed by atoms with Gasteiger partial charge in [-0.15, -0.1) is 0 Å². The molecule has 0 bridgehead atoms. The van der Waals surface area contributed by atoms with Crippen LogP contribution in [0.2, 0.25) is 0 Å². The second kappa shape index (κ2) is 13.7. The lowest BCUT2D eigenvalue weighted by Crippen LogP contribution is -2.45. The number of nitrogens with zero attached hydrogens (tertiary/aromatic N) is 3. The smallest absolute Gasteiger partial charge is 0.261 e. The summed E-state index contributed by atoms with van der Waals surface area (Å²) in [5, 5.41) is 13.6. The number of aromatic nitrogens is 3. The molecular weight excluding hydrogens is 564 g/mol. The molecule has 5 rings (SSSR count). The Morgan fingerprint density at radius 2 is 1.93 bits per heavy atom. The Labute approximate surface area is 255 Å². The Balaban J connectivity index is 1.33. The number of pyridine rings is 1. The number of fused-ring (bicyclic) bond motifs is 1. The van der Waals surface area contributed by atoms with Crippen molar-refractivity contribution < 1.29 is 24.2 Å². The third-order valence-corrected chi connectivity index (χ3v) is 8.11. The van der Waals surface area contributed by atoms with Gasteiger partial charge in [-0.1, -0.05) is 6.92 Å². The summed E-state index contributed by atoms with van der Waals surface area (Å²) in [4.78, 5) is 53.0. The lowest BCUT2D eigenvalue weighted by atomic mass is 10.0. The highest BCUT2D eigenvalue weighted by atomic mass is 16.5. The number of methoxy groups -OCH3 is 1. The molecule has 4 N–H and O–H groups in total. The summed E-state index contributed by atoms with van der Waals surface area (Å²) in [7, 11) is 3.36. The number of hydrogen-bond donors (Lipinski definition) is 4. The van der Waals surface area contributed by atoms with E-state index in [1.165, 1.54) is 6.20 Å². The summed E-state index contributed by atoms with van der Waals surface area (Å²) in [6.07, 6.45) is 3.03. The molecule has 12 heteroatoms. The van der Waals surface area contributed by atoms with Crippen molar-refractivity contribution in [2.45, 2.75) is 31.9 Å². The van der Waals surface area contributed by atoms with E-state index < -0.39 is 11.7 Å². The van der Waals surface area contributed by atoms with Crippen LogP contribution in [0.25, 0.3) is 22.4 Å². The third-order valence-electron chi connectivity index (χ3n) is 8.11. The Morgan fingerprint density at radius 1 is 1.20 bits per heavy atom. The molecular formula is C32H38N6O6. The number of ether oxygens (including phenoxy) is 2. The number of amides is 1. The molecule has 2 aromatic carbocycles. The maximum Gasteiger partial charge on any atom is 0.261 e. The molecule has 1 fully saturated rings. The standard InChI is InChI=1S/C32H38N6O6/c1-4-38-13-10-21(11-14-38)37(2)32(42)25-16-28-27(15-20(25)18-39)35-30(36-28)29-26(9-12-33-31(29)41)34-17-22(40)19-44-24-7-5-23(43-3)6-8-24/h5-9,12,15-16,18,21-22,40H,4,10-11,13-14,17,19H2,1-3H3,(H,35,36)(H2,33,34,41). The van der Waals surface area contributed by atoms with Crippen LogP contribution < -0.4 is 20.3 Å². The van der Waals surface area contributed by atoms with Crippen LogP contribution in [0.4, 0.5) is 5.69 Å². The highest BCUT2D eigenvalue weighted by molar-refractivity contribution is 6.05. The topological polar surface area (TPSA) is 153 Å². The monoisotopic (exact) mass is 602 g/mol. The number of imidazole rings is 1. The number of rotatable bonds is 12. The minimum Gasteiger partial charge on any atom is -0.497 e. The Morgan fingerprint density at radius 3 is 2.61 bits per heavy atom. The number of aliphatic hydroxyl groups excluding tert-OH is 1. The quantitative estimate of drug-likeness (QED) is 0.179. The largest absolute Gasteiger partial charge is 0.497 e. The minimum atomic E-state index is -0.880. The van der Waals surface area contributed by atoms with Gasteiger partial charge in [-0.3, -0.25) is 14.4 Å². The van der Waals surface area contributed by atoms with Crippen molar-refractivity contribution in [3.05, 3.63) is 70.1 Å². The molecule has 1 atom stereocenters. The first-order chi connectivity index (χ1) is 21.3. The van der Waals surface area contributed by atoms with Crippen LogP contribution in [0.15, 0.2) is 53.5 Å². The Bertz CT molecular complexity index is 1660. The molecule has 232 valence electrons. The van der Waals surface area contributed by atoms with Crippen LogP contribution in [0, 0.1) is 0 Å². The van der Waals surface area contributed by atoms with Gasteiger partial charge in [0.15, 0.2) is 6.29 Å². The van der Waals surface area contributed by atoms with E-state index in [0.717, 1.165) is 32.5 Å². The van der Waals surface area contributed by atoms with Crippen LogP contribution in [0.5, 0.6) is 11.5 Å². The highest BCUT2D eigenvalue weighted by Crippen LogP contribution is 2.27. The SMILES string of the molecule is CCN1CCC(N(C)C(=O)c2cc3nc(-c4c(NCC(O)COc5ccc(OC)cc5)cc[nH]c4=O)[nH]c3cc2C=O)CC1. The number of aliphatic hydroxyl groups is 1. The van der Waals surface area contributed by atoms with Gasteiger partial charge in [0.25, 0.3) is 11.5 Å². The average molecular weight is 603 g/mol. The molecule has 0 aliphatic carbocycles. The lowest BCUT2D eigenvalue weighted by molar-refractivity contribution is 0.0645. The zero-order valence-corrected chi connectivity index (χ0v) is 25.1. The number of nitrogens with one attached hydrogen (secondary N) is 3. The van der Waals surface area contributed by atoms with Gasteiger partial charge in [0, 0.05) is 44.5 Å². The van der Waals surface area contributed by atoms with Crippen LogP contribution in [0.3, 0.4) is 0 Å². The van der Waals surface area contributed by atoms with Gasteiger partial charge >= 0.3 is 0 Å². The second-order valence-corrected chi connectivity index (χ2v) is 10.9. The number of piperidine rings is 1. The summed E-state index contributed by atoms with van der Waals surface area (Å²) < 4.78 is 10.8. The van der Waals surface area contributed by atoms with Crippen LogP contribution in [0.1, 0.15) is 40.5 Å². The summed E-state index contributed by atoms with van der Waals surface area (Å²) in [5.74, 6) is 1.31. The summed E-state index contributed by atoms with van der Waals surface area (Å²) >= 11 is 0.